The Bertz CT molecular complexity index is 515. The summed E-state index contributed by atoms with van der Waals surface area (Å²) >= 11 is 12.1. The molecule has 1 heterocycles. The van der Waals surface area contributed by atoms with E-state index in [-0.39, 0.29) is 12.0 Å². The van der Waals surface area contributed by atoms with Gasteiger partial charge in [0.05, 0.1) is 16.1 Å². The molecule has 4 nitrogen and oxygen atoms in total. The van der Waals surface area contributed by atoms with Crippen molar-refractivity contribution in [2.24, 2.45) is 0 Å². The highest BCUT2D eigenvalue weighted by molar-refractivity contribution is 6.42. The van der Waals surface area contributed by atoms with Crippen LogP contribution in [0.25, 0.3) is 0 Å². The number of hydrogen-bond acceptors (Lipinski definition) is 3. The third kappa shape index (κ3) is 4.85. The summed E-state index contributed by atoms with van der Waals surface area (Å²) in [5, 5.41) is 10.5. The quantitative estimate of drug-likeness (QED) is 0.892. The Morgan fingerprint density at radius 2 is 1.95 bits per heavy atom. The molecular formula is C16H22Cl2N2O2. The van der Waals surface area contributed by atoms with Gasteiger partial charge in [0, 0.05) is 39.1 Å². The molecule has 0 spiro atoms. The van der Waals surface area contributed by atoms with Crippen LogP contribution in [0, 0.1) is 0 Å². The molecule has 22 heavy (non-hydrogen) atoms. The third-order valence-corrected chi connectivity index (χ3v) is 4.75. The van der Waals surface area contributed by atoms with Crippen molar-refractivity contribution in [2.45, 2.75) is 25.9 Å². The van der Waals surface area contributed by atoms with Crippen LogP contribution < -0.4 is 0 Å². The minimum absolute atomic E-state index is 0.146. The Balaban J connectivity index is 1.80. The predicted octanol–water partition coefficient (Wildman–Crippen LogP) is 2.45. The second kappa shape index (κ2) is 8.16. The van der Waals surface area contributed by atoms with Crippen LogP contribution in [0.15, 0.2) is 18.2 Å². The molecule has 1 aromatic rings. The number of halogens is 2. The highest BCUT2D eigenvalue weighted by Gasteiger charge is 2.21. The van der Waals surface area contributed by atoms with E-state index in [1.54, 1.807) is 13.0 Å². The summed E-state index contributed by atoms with van der Waals surface area (Å²) in [7, 11) is 0. The van der Waals surface area contributed by atoms with Crippen molar-refractivity contribution in [3.8, 4) is 0 Å². The highest BCUT2D eigenvalue weighted by atomic mass is 35.5. The number of carbonyl (C=O) groups excluding carboxylic acids is 1. The molecule has 122 valence electrons. The molecule has 1 aliphatic heterocycles. The van der Waals surface area contributed by atoms with Crippen molar-refractivity contribution >= 4 is 29.1 Å². The van der Waals surface area contributed by atoms with Gasteiger partial charge in [0.25, 0.3) is 0 Å². The van der Waals surface area contributed by atoms with E-state index in [0.29, 0.717) is 29.4 Å². The molecular weight excluding hydrogens is 323 g/mol. The van der Waals surface area contributed by atoms with Crippen LogP contribution in [0.1, 0.15) is 18.9 Å². The zero-order valence-corrected chi connectivity index (χ0v) is 14.3. The lowest BCUT2D eigenvalue weighted by Crippen LogP contribution is -2.50. The molecule has 0 radical (unpaired) electrons. The number of nitrogens with zero attached hydrogens (tertiary/aromatic N) is 2. The topological polar surface area (TPSA) is 43.8 Å². The van der Waals surface area contributed by atoms with Crippen molar-refractivity contribution in [1.82, 2.24) is 9.80 Å². The summed E-state index contributed by atoms with van der Waals surface area (Å²) in [4.78, 5) is 16.3. The molecule has 1 aliphatic rings. The largest absolute Gasteiger partial charge is 0.392 e. The molecule has 1 amide bonds. The van der Waals surface area contributed by atoms with E-state index in [1.165, 1.54) is 0 Å². The number of hydrogen-bond donors (Lipinski definition) is 1. The van der Waals surface area contributed by atoms with Crippen LogP contribution in [0.2, 0.25) is 10.0 Å². The summed E-state index contributed by atoms with van der Waals surface area (Å²) in [5.41, 5.74) is 0.912. The number of rotatable bonds is 5. The van der Waals surface area contributed by atoms with E-state index in [4.69, 9.17) is 23.2 Å². The molecule has 1 atom stereocenters. The number of aryl methyl sites for hydroxylation is 1. The average Bonchev–Trinajstić information content (AvgIpc) is 2.48. The van der Waals surface area contributed by atoms with Gasteiger partial charge >= 0.3 is 0 Å². The van der Waals surface area contributed by atoms with Gasteiger partial charge in [-0.15, -0.1) is 0 Å². The lowest BCUT2D eigenvalue weighted by atomic mass is 10.1. The Kier molecular flexibility index (Phi) is 6.50. The lowest BCUT2D eigenvalue weighted by Gasteiger charge is -2.35. The number of piperazine rings is 1. The van der Waals surface area contributed by atoms with Gasteiger partial charge in [-0.05, 0) is 25.0 Å². The summed E-state index contributed by atoms with van der Waals surface area (Å²) in [6, 6.07) is 5.50. The van der Waals surface area contributed by atoms with Gasteiger partial charge in [-0.2, -0.15) is 0 Å². The smallest absolute Gasteiger partial charge is 0.222 e. The molecule has 6 heteroatoms. The van der Waals surface area contributed by atoms with Crippen LogP contribution >= 0.6 is 23.2 Å². The molecule has 2 rings (SSSR count). The monoisotopic (exact) mass is 344 g/mol. The lowest BCUT2D eigenvalue weighted by molar-refractivity contribution is -0.133. The maximum atomic E-state index is 12.3. The molecule has 0 saturated carbocycles. The second-order valence-electron chi connectivity index (χ2n) is 5.74. The average molecular weight is 345 g/mol. The standard InChI is InChI=1S/C16H22Cl2N2O2/c1-12(21)11-19-7-9-20(10-8-19)15(22)6-5-13-3-2-4-14(17)16(13)18/h2-4,12,21H,5-11H2,1H3/t12-/m0/s1. The molecule has 1 saturated heterocycles. The van der Waals surface area contributed by atoms with Crippen molar-refractivity contribution < 1.29 is 9.90 Å². The maximum Gasteiger partial charge on any atom is 0.222 e. The number of benzene rings is 1. The van der Waals surface area contributed by atoms with Crippen LogP contribution in [0.4, 0.5) is 0 Å². The highest BCUT2D eigenvalue weighted by Crippen LogP contribution is 2.26. The fraction of sp³-hybridized carbons (Fsp3) is 0.562. The maximum absolute atomic E-state index is 12.3. The minimum Gasteiger partial charge on any atom is -0.392 e. The molecule has 1 N–H and O–H groups in total. The Morgan fingerprint density at radius 1 is 1.27 bits per heavy atom. The van der Waals surface area contributed by atoms with Crippen LogP contribution in [0.5, 0.6) is 0 Å². The molecule has 0 aliphatic carbocycles. The minimum atomic E-state index is -0.327. The zero-order chi connectivity index (χ0) is 16.1. The zero-order valence-electron chi connectivity index (χ0n) is 12.8. The van der Waals surface area contributed by atoms with Crippen molar-refractivity contribution in [3.63, 3.8) is 0 Å². The van der Waals surface area contributed by atoms with Crippen molar-refractivity contribution in [1.29, 1.82) is 0 Å². The van der Waals surface area contributed by atoms with Gasteiger partial charge in [0.2, 0.25) is 5.91 Å². The molecule has 1 fully saturated rings. The van der Waals surface area contributed by atoms with Gasteiger partial charge in [-0.25, -0.2) is 0 Å². The van der Waals surface area contributed by atoms with E-state index in [0.717, 1.165) is 31.7 Å². The second-order valence-corrected chi connectivity index (χ2v) is 6.53. The van der Waals surface area contributed by atoms with Gasteiger partial charge in [-0.3, -0.25) is 9.69 Å². The van der Waals surface area contributed by atoms with Gasteiger partial charge in [0.1, 0.15) is 0 Å². The Hall–Kier alpha value is -0.810. The summed E-state index contributed by atoms with van der Waals surface area (Å²) in [5.74, 6) is 0.146. The van der Waals surface area contributed by atoms with E-state index in [1.807, 2.05) is 17.0 Å². The SMILES string of the molecule is C[C@H](O)CN1CCN(C(=O)CCc2cccc(Cl)c2Cl)CC1. The summed E-state index contributed by atoms with van der Waals surface area (Å²) < 4.78 is 0. The first-order chi connectivity index (χ1) is 10.5. The van der Waals surface area contributed by atoms with Crippen LogP contribution in [-0.4, -0.2) is 59.6 Å². The first kappa shape index (κ1) is 17.5. The van der Waals surface area contributed by atoms with Gasteiger partial charge in [0.15, 0.2) is 0 Å². The van der Waals surface area contributed by atoms with Crippen LogP contribution in [-0.2, 0) is 11.2 Å². The first-order valence-corrected chi connectivity index (χ1v) is 8.34. The fourth-order valence-corrected chi connectivity index (χ4v) is 3.11. The van der Waals surface area contributed by atoms with E-state index in [9.17, 15) is 9.90 Å². The predicted molar refractivity (Wildman–Crippen MR) is 89.5 cm³/mol. The molecule has 0 unspecified atom stereocenters. The van der Waals surface area contributed by atoms with Gasteiger partial charge in [-0.1, -0.05) is 35.3 Å². The number of amides is 1. The number of aliphatic hydroxyl groups is 1. The third-order valence-electron chi connectivity index (χ3n) is 3.89. The summed E-state index contributed by atoms with van der Waals surface area (Å²) in [6.45, 7) is 5.51. The first-order valence-electron chi connectivity index (χ1n) is 7.58. The number of carbonyl (C=O) groups is 1. The Labute approximate surface area is 141 Å². The molecule has 0 bridgehead atoms. The summed E-state index contributed by atoms with van der Waals surface area (Å²) in [6.07, 6.45) is 0.718. The Morgan fingerprint density at radius 3 is 2.59 bits per heavy atom. The molecule has 1 aromatic carbocycles. The van der Waals surface area contributed by atoms with E-state index >= 15 is 0 Å². The van der Waals surface area contributed by atoms with Crippen molar-refractivity contribution in [3.05, 3.63) is 33.8 Å². The van der Waals surface area contributed by atoms with Crippen LogP contribution in [0.3, 0.4) is 0 Å². The van der Waals surface area contributed by atoms with Gasteiger partial charge < -0.3 is 10.0 Å². The number of aliphatic hydroxyl groups excluding tert-OH is 1. The van der Waals surface area contributed by atoms with E-state index < -0.39 is 0 Å². The molecule has 0 aromatic heterocycles. The normalized spacial score (nSPS) is 17.5. The number of β-amino-alcohol motifs (C(OH)–C–C–N with tert-alkyl or cyclic N) is 1. The van der Waals surface area contributed by atoms with E-state index in [2.05, 4.69) is 4.90 Å². The fourth-order valence-electron chi connectivity index (χ4n) is 2.69. The van der Waals surface area contributed by atoms with Crippen molar-refractivity contribution in [2.75, 3.05) is 32.7 Å².